The fourth-order valence-corrected chi connectivity index (χ4v) is 2.80. The van der Waals surface area contributed by atoms with Gasteiger partial charge in [-0.15, -0.1) is 0 Å². The molecule has 0 radical (unpaired) electrons. The van der Waals surface area contributed by atoms with E-state index in [4.69, 9.17) is 14.2 Å². The fourth-order valence-electron chi connectivity index (χ4n) is 2.80. The molecule has 1 amide bonds. The first-order chi connectivity index (χ1) is 16.0. The minimum atomic E-state index is -1.27. The summed E-state index contributed by atoms with van der Waals surface area (Å²) in [5.41, 5.74) is -0.179. The largest absolute Gasteiger partial charge is 0.456 e. The summed E-state index contributed by atoms with van der Waals surface area (Å²) in [5, 5.41) is 13.4. The number of carbonyl (C=O) groups excluding carboxylic acids is 3. The van der Waals surface area contributed by atoms with Crippen LogP contribution in [0.1, 0.15) is 43.6 Å². The second-order valence-corrected chi connectivity index (χ2v) is 8.46. The zero-order valence-corrected chi connectivity index (χ0v) is 19.5. The molecule has 34 heavy (non-hydrogen) atoms. The molecule has 0 aliphatic heterocycles. The Kier molecular flexibility index (Phi) is 9.26. The van der Waals surface area contributed by atoms with Crippen molar-refractivity contribution in [3.8, 4) is 0 Å². The van der Waals surface area contributed by atoms with E-state index in [9.17, 15) is 24.5 Å². The summed E-state index contributed by atoms with van der Waals surface area (Å²) in [6.45, 7) is 6.10. The van der Waals surface area contributed by atoms with Crippen LogP contribution in [-0.4, -0.2) is 47.1 Å². The van der Waals surface area contributed by atoms with Crippen molar-refractivity contribution in [1.29, 1.82) is 0 Å². The van der Waals surface area contributed by atoms with Crippen molar-refractivity contribution in [2.45, 2.75) is 52.0 Å². The maximum atomic E-state index is 12.8. The minimum Gasteiger partial charge on any atom is -0.456 e. The normalized spacial score (nSPS) is 12.8. The first kappa shape index (κ1) is 26.5. The number of nitro benzene ring substituents is 1. The number of nitro groups is 1. The number of ketones is 1. The molecule has 0 fully saturated rings. The summed E-state index contributed by atoms with van der Waals surface area (Å²) >= 11 is 0. The van der Waals surface area contributed by atoms with Crippen LogP contribution in [0.2, 0.25) is 0 Å². The molecule has 2 aromatic rings. The number of ether oxygens (including phenoxy) is 3. The lowest BCUT2D eigenvalue weighted by Gasteiger charge is -2.26. The van der Waals surface area contributed by atoms with E-state index in [2.05, 4.69) is 5.32 Å². The Morgan fingerprint density at radius 3 is 2.35 bits per heavy atom. The number of nitrogens with zero attached hydrogens (tertiary/aromatic N) is 1. The van der Waals surface area contributed by atoms with Crippen LogP contribution in [0, 0.1) is 10.1 Å². The third-order valence-electron chi connectivity index (χ3n) is 4.48. The molecule has 2 aromatic carbocycles. The lowest BCUT2D eigenvalue weighted by molar-refractivity contribution is -0.384. The van der Waals surface area contributed by atoms with E-state index < -0.39 is 47.1 Å². The molecule has 0 bridgehead atoms. The van der Waals surface area contributed by atoms with Crippen LogP contribution >= 0.6 is 0 Å². The standard InChI is InChI=1S/C24H28N2O8/c1-16(32-14-17-9-6-5-7-10-17)21(25-23(29)34-24(2,3)4)22(28)33-15-20(27)18-11-8-12-19(13-18)26(30)31/h5-13,16,21H,14-15H2,1-4H3,(H,25,29)/t16-,21-/m1/s1. The Balaban J connectivity index is 2.07. The summed E-state index contributed by atoms with van der Waals surface area (Å²) < 4.78 is 16.1. The van der Waals surface area contributed by atoms with Crippen molar-refractivity contribution in [2.75, 3.05) is 6.61 Å². The van der Waals surface area contributed by atoms with E-state index in [-0.39, 0.29) is 17.9 Å². The lowest BCUT2D eigenvalue weighted by atomic mass is 10.1. The van der Waals surface area contributed by atoms with E-state index in [1.165, 1.54) is 18.2 Å². The molecule has 10 heteroatoms. The number of benzene rings is 2. The summed E-state index contributed by atoms with van der Waals surface area (Å²) in [4.78, 5) is 47.7. The summed E-state index contributed by atoms with van der Waals surface area (Å²) in [5.74, 6) is -1.55. The molecule has 0 saturated carbocycles. The number of rotatable bonds is 10. The van der Waals surface area contributed by atoms with Gasteiger partial charge in [-0.25, -0.2) is 9.59 Å². The maximum absolute atomic E-state index is 12.8. The van der Waals surface area contributed by atoms with Crippen molar-refractivity contribution in [1.82, 2.24) is 5.32 Å². The molecule has 10 nitrogen and oxygen atoms in total. The summed E-state index contributed by atoms with van der Waals surface area (Å²) in [7, 11) is 0. The molecule has 0 aliphatic carbocycles. The third kappa shape index (κ3) is 8.62. The number of hydrogen-bond acceptors (Lipinski definition) is 8. The van der Waals surface area contributed by atoms with Gasteiger partial charge in [-0.3, -0.25) is 14.9 Å². The second kappa shape index (κ2) is 11.9. The van der Waals surface area contributed by atoms with Gasteiger partial charge in [-0.2, -0.15) is 0 Å². The fraction of sp³-hybridized carbons (Fsp3) is 0.375. The van der Waals surface area contributed by atoms with Gasteiger partial charge in [0, 0.05) is 17.7 Å². The van der Waals surface area contributed by atoms with E-state index in [0.717, 1.165) is 11.6 Å². The van der Waals surface area contributed by atoms with Crippen molar-refractivity contribution < 1.29 is 33.5 Å². The van der Waals surface area contributed by atoms with Gasteiger partial charge in [-0.05, 0) is 33.3 Å². The Bertz CT molecular complexity index is 1020. The molecule has 0 aliphatic rings. The highest BCUT2D eigenvalue weighted by Gasteiger charge is 2.31. The number of hydrogen-bond donors (Lipinski definition) is 1. The summed E-state index contributed by atoms with van der Waals surface area (Å²) in [6.07, 6.45) is -1.68. The van der Waals surface area contributed by atoms with Gasteiger partial charge in [-0.1, -0.05) is 42.5 Å². The number of amides is 1. The molecule has 1 N–H and O–H groups in total. The van der Waals surface area contributed by atoms with E-state index >= 15 is 0 Å². The highest BCUT2D eigenvalue weighted by Crippen LogP contribution is 2.15. The van der Waals surface area contributed by atoms with Crippen LogP contribution in [0.15, 0.2) is 54.6 Å². The smallest absolute Gasteiger partial charge is 0.408 e. The van der Waals surface area contributed by atoms with Crippen LogP contribution in [-0.2, 0) is 25.6 Å². The zero-order valence-electron chi connectivity index (χ0n) is 19.5. The van der Waals surface area contributed by atoms with Gasteiger partial charge in [0.25, 0.3) is 5.69 Å². The van der Waals surface area contributed by atoms with Crippen LogP contribution < -0.4 is 5.32 Å². The Hall–Kier alpha value is -3.79. The number of nitrogens with one attached hydrogen (secondary N) is 1. The highest BCUT2D eigenvalue weighted by molar-refractivity contribution is 5.98. The molecular weight excluding hydrogens is 444 g/mol. The van der Waals surface area contributed by atoms with Gasteiger partial charge < -0.3 is 19.5 Å². The average Bonchev–Trinajstić information content (AvgIpc) is 2.78. The Morgan fingerprint density at radius 1 is 1.06 bits per heavy atom. The number of non-ortho nitro benzene ring substituents is 1. The van der Waals surface area contributed by atoms with E-state index in [0.29, 0.717) is 0 Å². The Morgan fingerprint density at radius 2 is 1.74 bits per heavy atom. The van der Waals surface area contributed by atoms with Crippen molar-refractivity contribution >= 4 is 23.5 Å². The van der Waals surface area contributed by atoms with Gasteiger partial charge in [0.2, 0.25) is 5.78 Å². The summed E-state index contributed by atoms with van der Waals surface area (Å²) in [6, 6.07) is 13.0. The molecule has 2 atom stereocenters. The first-order valence-corrected chi connectivity index (χ1v) is 10.6. The van der Waals surface area contributed by atoms with Gasteiger partial charge >= 0.3 is 12.1 Å². The molecule has 182 valence electrons. The van der Waals surface area contributed by atoms with E-state index in [1.807, 2.05) is 30.3 Å². The number of Topliss-reactive ketones (excluding diaryl/α,β-unsaturated/α-hetero) is 1. The molecule has 0 unspecified atom stereocenters. The second-order valence-electron chi connectivity index (χ2n) is 8.46. The van der Waals surface area contributed by atoms with Crippen molar-refractivity contribution in [2.24, 2.45) is 0 Å². The van der Waals surface area contributed by atoms with Crippen LogP contribution in [0.25, 0.3) is 0 Å². The monoisotopic (exact) mass is 472 g/mol. The molecule has 0 spiro atoms. The molecule has 0 saturated heterocycles. The predicted octanol–water partition coefficient (Wildman–Crippen LogP) is 3.82. The quantitative estimate of drug-likeness (QED) is 0.239. The molecular formula is C24H28N2O8. The lowest BCUT2D eigenvalue weighted by Crippen LogP contribution is -2.51. The molecule has 0 heterocycles. The number of carbonyl (C=O) groups is 3. The van der Waals surface area contributed by atoms with Gasteiger partial charge in [0.1, 0.15) is 5.60 Å². The minimum absolute atomic E-state index is 0.0204. The van der Waals surface area contributed by atoms with Crippen LogP contribution in [0.4, 0.5) is 10.5 Å². The van der Waals surface area contributed by atoms with Crippen molar-refractivity contribution in [3.63, 3.8) is 0 Å². The average molecular weight is 472 g/mol. The molecule has 2 rings (SSSR count). The van der Waals surface area contributed by atoms with Crippen LogP contribution in [0.3, 0.4) is 0 Å². The third-order valence-corrected chi connectivity index (χ3v) is 4.48. The number of esters is 1. The van der Waals surface area contributed by atoms with Gasteiger partial charge in [0.15, 0.2) is 12.6 Å². The van der Waals surface area contributed by atoms with Gasteiger partial charge in [0.05, 0.1) is 17.6 Å². The SMILES string of the molecule is C[C@@H](OCc1ccccc1)[C@@H](NC(=O)OC(C)(C)C)C(=O)OCC(=O)c1cccc([N+](=O)[O-])c1. The Labute approximate surface area is 197 Å². The highest BCUT2D eigenvalue weighted by atomic mass is 16.6. The molecule has 0 aromatic heterocycles. The van der Waals surface area contributed by atoms with Crippen LogP contribution in [0.5, 0.6) is 0 Å². The zero-order chi connectivity index (χ0) is 25.3. The van der Waals surface area contributed by atoms with Crippen molar-refractivity contribution in [3.05, 3.63) is 75.8 Å². The maximum Gasteiger partial charge on any atom is 0.408 e. The van der Waals surface area contributed by atoms with E-state index in [1.54, 1.807) is 27.7 Å². The number of alkyl carbamates (subject to hydrolysis) is 1. The first-order valence-electron chi connectivity index (χ1n) is 10.6. The topological polar surface area (TPSA) is 134 Å². The predicted molar refractivity (Wildman–Crippen MR) is 122 cm³/mol.